The molecule has 136 valence electrons. The van der Waals surface area contributed by atoms with Crippen molar-refractivity contribution in [2.75, 3.05) is 0 Å². The molecule has 0 spiro atoms. The molecule has 0 unspecified atom stereocenters. The van der Waals surface area contributed by atoms with Crippen LogP contribution in [0.1, 0.15) is 24.1 Å². The molecular formula is C19H19N7S. The standard InChI is InChI=1S/C19H19N7S/c1-2-26-18(20-17(12-27)23-26)11-13-8-9-15(14-6-4-3-5-7-14)16(10-13)19-21-24-25-22-19/h3-10,27H,2,11-12H2,1H3,(H,21,22,24,25). The molecule has 7 nitrogen and oxygen atoms in total. The maximum Gasteiger partial charge on any atom is 0.205 e. The highest BCUT2D eigenvalue weighted by molar-refractivity contribution is 7.79. The summed E-state index contributed by atoms with van der Waals surface area (Å²) in [6.45, 7) is 2.83. The molecule has 0 aliphatic heterocycles. The minimum Gasteiger partial charge on any atom is -0.250 e. The lowest BCUT2D eigenvalue weighted by Crippen LogP contribution is -2.04. The quantitative estimate of drug-likeness (QED) is 0.504. The van der Waals surface area contributed by atoms with E-state index in [0.29, 0.717) is 18.0 Å². The van der Waals surface area contributed by atoms with Crippen LogP contribution in [-0.4, -0.2) is 35.4 Å². The van der Waals surface area contributed by atoms with E-state index in [1.165, 1.54) is 0 Å². The van der Waals surface area contributed by atoms with Gasteiger partial charge in [0.25, 0.3) is 0 Å². The first-order valence-electron chi connectivity index (χ1n) is 8.74. The van der Waals surface area contributed by atoms with E-state index in [2.05, 4.69) is 80.6 Å². The van der Waals surface area contributed by atoms with Crippen LogP contribution in [0.5, 0.6) is 0 Å². The summed E-state index contributed by atoms with van der Waals surface area (Å²) in [5, 5.41) is 19.1. The van der Waals surface area contributed by atoms with E-state index in [4.69, 9.17) is 0 Å². The Morgan fingerprint density at radius 2 is 1.93 bits per heavy atom. The average molecular weight is 377 g/mol. The van der Waals surface area contributed by atoms with Crippen LogP contribution in [0.3, 0.4) is 0 Å². The first-order valence-corrected chi connectivity index (χ1v) is 9.37. The first-order chi connectivity index (χ1) is 13.3. The summed E-state index contributed by atoms with van der Waals surface area (Å²) in [5.41, 5.74) is 4.22. The molecule has 0 saturated heterocycles. The lowest BCUT2D eigenvalue weighted by molar-refractivity contribution is 0.621. The summed E-state index contributed by atoms with van der Waals surface area (Å²) in [4.78, 5) is 4.59. The Hall–Kier alpha value is -3.00. The predicted molar refractivity (Wildman–Crippen MR) is 106 cm³/mol. The molecule has 0 amide bonds. The van der Waals surface area contributed by atoms with Gasteiger partial charge in [-0.25, -0.2) is 9.67 Å². The highest BCUT2D eigenvalue weighted by atomic mass is 32.1. The van der Waals surface area contributed by atoms with Gasteiger partial charge in [0.05, 0.1) is 5.75 Å². The number of aromatic amines is 1. The van der Waals surface area contributed by atoms with Crippen molar-refractivity contribution in [2.24, 2.45) is 0 Å². The molecule has 2 aromatic heterocycles. The number of H-pyrrole nitrogens is 1. The topological polar surface area (TPSA) is 85.2 Å². The van der Waals surface area contributed by atoms with E-state index >= 15 is 0 Å². The fourth-order valence-electron chi connectivity index (χ4n) is 3.09. The third kappa shape index (κ3) is 3.61. The highest BCUT2D eigenvalue weighted by Crippen LogP contribution is 2.31. The SMILES string of the molecule is CCn1nc(CS)nc1Cc1ccc(-c2ccccc2)c(-c2nn[nH]n2)c1. The second-order valence-electron chi connectivity index (χ2n) is 6.08. The summed E-state index contributed by atoms with van der Waals surface area (Å²) in [6, 6.07) is 16.5. The molecular weight excluding hydrogens is 358 g/mol. The Morgan fingerprint density at radius 1 is 1.07 bits per heavy atom. The van der Waals surface area contributed by atoms with E-state index in [1.807, 2.05) is 22.9 Å². The fourth-order valence-corrected chi connectivity index (χ4v) is 3.23. The molecule has 0 aliphatic carbocycles. The van der Waals surface area contributed by atoms with Gasteiger partial charge in [-0.05, 0) is 34.9 Å². The van der Waals surface area contributed by atoms with Crippen LogP contribution >= 0.6 is 12.6 Å². The van der Waals surface area contributed by atoms with Gasteiger partial charge in [-0.3, -0.25) is 0 Å². The third-order valence-electron chi connectivity index (χ3n) is 4.35. The van der Waals surface area contributed by atoms with E-state index in [9.17, 15) is 0 Å². The minimum absolute atomic E-state index is 0.529. The Labute approximate surface area is 162 Å². The number of hydrogen-bond acceptors (Lipinski definition) is 6. The summed E-state index contributed by atoms with van der Waals surface area (Å²) < 4.78 is 1.92. The highest BCUT2D eigenvalue weighted by Gasteiger charge is 2.14. The van der Waals surface area contributed by atoms with E-state index in [0.717, 1.165) is 40.4 Å². The van der Waals surface area contributed by atoms with Crippen molar-refractivity contribution in [3.8, 4) is 22.5 Å². The number of rotatable bonds is 6. The monoisotopic (exact) mass is 377 g/mol. The van der Waals surface area contributed by atoms with Gasteiger partial charge >= 0.3 is 0 Å². The van der Waals surface area contributed by atoms with Gasteiger partial charge in [0.2, 0.25) is 5.82 Å². The van der Waals surface area contributed by atoms with Crippen molar-refractivity contribution >= 4 is 12.6 Å². The van der Waals surface area contributed by atoms with Gasteiger partial charge < -0.3 is 0 Å². The average Bonchev–Trinajstić information content (AvgIpc) is 3.38. The maximum atomic E-state index is 4.59. The molecule has 8 heteroatoms. The lowest BCUT2D eigenvalue weighted by atomic mass is 9.96. The molecule has 0 atom stereocenters. The summed E-state index contributed by atoms with van der Waals surface area (Å²) >= 11 is 4.28. The van der Waals surface area contributed by atoms with E-state index in [1.54, 1.807) is 0 Å². The fraction of sp³-hybridized carbons (Fsp3) is 0.211. The largest absolute Gasteiger partial charge is 0.250 e. The molecule has 0 radical (unpaired) electrons. The zero-order valence-corrected chi connectivity index (χ0v) is 15.8. The molecule has 4 rings (SSSR count). The number of nitrogens with one attached hydrogen (secondary N) is 1. The Balaban J connectivity index is 1.76. The Morgan fingerprint density at radius 3 is 2.63 bits per heavy atom. The molecule has 0 fully saturated rings. The van der Waals surface area contributed by atoms with Gasteiger partial charge in [-0.2, -0.15) is 22.9 Å². The van der Waals surface area contributed by atoms with Crippen molar-refractivity contribution in [1.82, 2.24) is 35.4 Å². The number of benzene rings is 2. The van der Waals surface area contributed by atoms with E-state index in [-0.39, 0.29) is 0 Å². The molecule has 0 aliphatic rings. The summed E-state index contributed by atoms with van der Waals surface area (Å²) in [7, 11) is 0. The molecule has 0 bridgehead atoms. The number of hydrogen-bond donors (Lipinski definition) is 2. The first kappa shape index (κ1) is 17.4. The van der Waals surface area contributed by atoms with E-state index < -0.39 is 0 Å². The molecule has 2 aromatic carbocycles. The van der Waals surface area contributed by atoms with Gasteiger partial charge in [0.1, 0.15) is 5.82 Å². The maximum absolute atomic E-state index is 4.59. The molecule has 2 heterocycles. The van der Waals surface area contributed by atoms with Crippen LogP contribution in [0.25, 0.3) is 22.5 Å². The molecule has 27 heavy (non-hydrogen) atoms. The second kappa shape index (κ2) is 7.71. The lowest BCUT2D eigenvalue weighted by Gasteiger charge is -2.10. The van der Waals surface area contributed by atoms with Crippen LogP contribution in [0.2, 0.25) is 0 Å². The van der Waals surface area contributed by atoms with Crippen molar-refractivity contribution in [3.05, 3.63) is 65.7 Å². The van der Waals surface area contributed by atoms with Crippen LogP contribution in [0, 0.1) is 0 Å². The molecule has 0 saturated carbocycles. The van der Waals surface area contributed by atoms with Crippen LogP contribution in [0.15, 0.2) is 48.5 Å². The Kier molecular flexibility index (Phi) is 4.97. The minimum atomic E-state index is 0.529. The second-order valence-corrected chi connectivity index (χ2v) is 6.39. The van der Waals surface area contributed by atoms with Crippen molar-refractivity contribution < 1.29 is 0 Å². The van der Waals surface area contributed by atoms with Gasteiger partial charge in [-0.1, -0.05) is 42.5 Å². The summed E-state index contributed by atoms with van der Waals surface area (Å²) in [6.07, 6.45) is 0.675. The molecule has 4 aromatic rings. The number of tetrazole rings is 1. The van der Waals surface area contributed by atoms with Gasteiger partial charge in [0.15, 0.2) is 5.82 Å². The predicted octanol–water partition coefficient (Wildman–Crippen LogP) is 3.17. The van der Waals surface area contributed by atoms with Gasteiger partial charge in [-0.15, -0.1) is 10.2 Å². The Bertz CT molecular complexity index is 1030. The normalized spacial score (nSPS) is 11.0. The molecule has 1 N–H and O–H groups in total. The summed E-state index contributed by atoms with van der Waals surface area (Å²) in [5.74, 6) is 2.77. The van der Waals surface area contributed by atoms with Crippen LogP contribution < -0.4 is 0 Å². The van der Waals surface area contributed by atoms with Crippen LogP contribution in [0.4, 0.5) is 0 Å². The third-order valence-corrected chi connectivity index (χ3v) is 4.63. The zero-order valence-electron chi connectivity index (χ0n) is 14.9. The number of thiol groups is 1. The number of aromatic nitrogens is 7. The van der Waals surface area contributed by atoms with Crippen molar-refractivity contribution in [1.29, 1.82) is 0 Å². The number of nitrogens with zero attached hydrogens (tertiary/aromatic N) is 6. The smallest absolute Gasteiger partial charge is 0.205 e. The van der Waals surface area contributed by atoms with Crippen molar-refractivity contribution in [3.63, 3.8) is 0 Å². The van der Waals surface area contributed by atoms with Crippen molar-refractivity contribution in [2.45, 2.75) is 25.6 Å². The van der Waals surface area contributed by atoms with Crippen LogP contribution in [-0.2, 0) is 18.7 Å². The number of aryl methyl sites for hydroxylation is 1. The zero-order chi connectivity index (χ0) is 18.6. The van der Waals surface area contributed by atoms with Gasteiger partial charge in [0, 0.05) is 18.5 Å².